The molecule has 0 aromatic heterocycles. The van der Waals surface area contributed by atoms with Crippen LogP contribution in [0, 0.1) is 0 Å². The van der Waals surface area contributed by atoms with Crippen molar-refractivity contribution in [3.63, 3.8) is 0 Å². The van der Waals surface area contributed by atoms with Gasteiger partial charge in [0.15, 0.2) is 5.78 Å². The van der Waals surface area contributed by atoms with E-state index in [-0.39, 0.29) is 11.4 Å². The zero-order chi connectivity index (χ0) is 13.2. The second-order valence-corrected chi connectivity index (χ2v) is 5.12. The summed E-state index contributed by atoms with van der Waals surface area (Å²) in [4.78, 5) is 12.3. The second kappa shape index (κ2) is 5.29. The Balaban J connectivity index is 2.20. The molecule has 18 heavy (non-hydrogen) atoms. The summed E-state index contributed by atoms with van der Waals surface area (Å²) in [6.07, 6.45) is 3.39. The van der Waals surface area contributed by atoms with E-state index in [0.717, 1.165) is 19.3 Å². The van der Waals surface area contributed by atoms with Gasteiger partial charge in [-0.05, 0) is 37.5 Å². The van der Waals surface area contributed by atoms with Crippen LogP contribution in [0.4, 0.5) is 0 Å². The lowest BCUT2D eigenvalue weighted by Crippen LogP contribution is -2.41. The van der Waals surface area contributed by atoms with Crippen molar-refractivity contribution in [2.24, 2.45) is 0 Å². The van der Waals surface area contributed by atoms with Gasteiger partial charge in [-0.1, -0.05) is 11.6 Å². The van der Waals surface area contributed by atoms with Crippen LogP contribution in [-0.4, -0.2) is 25.6 Å². The molecule has 0 spiro atoms. The molecule has 0 N–H and O–H groups in total. The molecule has 1 aliphatic rings. The van der Waals surface area contributed by atoms with E-state index in [4.69, 9.17) is 21.1 Å². The predicted octanol–water partition coefficient (Wildman–Crippen LogP) is 3.49. The lowest BCUT2D eigenvalue weighted by Gasteiger charge is -2.40. The van der Waals surface area contributed by atoms with Gasteiger partial charge >= 0.3 is 0 Å². The monoisotopic (exact) mass is 268 g/mol. The molecule has 0 unspecified atom stereocenters. The fourth-order valence-electron chi connectivity index (χ4n) is 2.31. The van der Waals surface area contributed by atoms with Gasteiger partial charge in [0, 0.05) is 18.6 Å². The highest BCUT2D eigenvalue weighted by Crippen LogP contribution is 2.39. The minimum absolute atomic E-state index is 0.0240. The molecule has 98 valence electrons. The maximum Gasteiger partial charge on any atom is 0.169 e. The summed E-state index contributed by atoms with van der Waals surface area (Å²) in [5.41, 5.74) is 0.262. The third kappa shape index (κ3) is 2.52. The minimum atomic E-state index is -0.273. The number of carbonyl (C=O) groups is 1. The van der Waals surface area contributed by atoms with Crippen LogP contribution in [0.25, 0.3) is 0 Å². The van der Waals surface area contributed by atoms with Crippen molar-refractivity contribution < 1.29 is 14.3 Å². The molecule has 1 saturated carbocycles. The second-order valence-electron chi connectivity index (χ2n) is 4.69. The first kappa shape index (κ1) is 13.4. The largest absolute Gasteiger partial charge is 0.496 e. The van der Waals surface area contributed by atoms with E-state index in [2.05, 4.69) is 0 Å². The van der Waals surface area contributed by atoms with Gasteiger partial charge in [-0.15, -0.1) is 0 Å². The van der Waals surface area contributed by atoms with E-state index in [9.17, 15) is 4.79 Å². The molecule has 0 bridgehead atoms. The molecule has 1 aromatic rings. The van der Waals surface area contributed by atoms with Gasteiger partial charge in [-0.3, -0.25) is 4.79 Å². The number of carbonyl (C=O) groups excluding carboxylic acids is 1. The van der Waals surface area contributed by atoms with Crippen LogP contribution in [0.1, 0.15) is 36.0 Å². The SMILES string of the molecule is COc1ccc(Cl)cc1C(=O)CC1(OC)CCC1. The summed E-state index contributed by atoms with van der Waals surface area (Å²) in [5.74, 6) is 0.589. The summed E-state index contributed by atoms with van der Waals surface area (Å²) in [6.45, 7) is 0. The summed E-state index contributed by atoms with van der Waals surface area (Å²) in [5, 5.41) is 0.541. The molecular formula is C14H17ClO3. The highest BCUT2D eigenvalue weighted by molar-refractivity contribution is 6.31. The maximum absolute atomic E-state index is 12.3. The number of benzene rings is 1. The maximum atomic E-state index is 12.3. The van der Waals surface area contributed by atoms with Gasteiger partial charge in [-0.2, -0.15) is 0 Å². The normalized spacial score (nSPS) is 17.1. The van der Waals surface area contributed by atoms with Gasteiger partial charge in [0.25, 0.3) is 0 Å². The Morgan fingerprint density at radius 3 is 2.61 bits per heavy atom. The average Bonchev–Trinajstić information content (AvgIpc) is 2.33. The van der Waals surface area contributed by atoms with Gasteiger partial charge < -0.3 is 9.47 Å². The van der Waals surface area contributed by atoms with E-state index in [1.165, 1.54) is 0 Å². The van der Waals surface area contributed by atoms with Crippen molar-refractivity contribution in [2.45, 2.75) is 31.3 Å². The lowest BCUT2D eigenvalue weighted by atomic mass is 9.75. The molecule has 0 aliphatic heterocycles. The molecule has 2 rings (SSSR count). The van der Waals surface area contributed by atoms with Crippen LogP contribution in [0.15, 0.2) is 18.2 Å². The van der Waals surface area contributed by atoms with E-state index in [1.807, 2.05) is 0 Å². The first-order valence-corrected chi connectivity index (χ1v) is 6.40. The zero-order valence-electron chi connectivity index (χ0n) is 10.7. The first-order valence-electron chi connectivity index (χ1n) is 6.02. The Bertz CT molecular complexity index is 447. The van der Waals surface area contributed by atoms with Crippen molar-refractivity contribution >= 4 is 17.4 Å². The van der Waals surface area contributed by atoms with Gasteiger partial charge in [0.1, 0.15) is 5.75 Å². The molecule has 0 saturated heterocycles. The van der Waals surface area contributed by atoms with Crippen molar-refractivity contribution in [2.75, 3.05) is 14.2 Å². The molecule has 0 atom stereocenters. The van der Waals surface area contributed by atoms with Crippen molar-refractivity contribution in [3.05, 3.63) is 28.8 Å². The summed E-state index contributed by atoms with van der Waals surface area (Å²) in [6, 6.07) is 5.09. The van der Waals surface area contributed by atoms with E-state index in [1.54, 1.807) is 32.4 Å². The molecule has 0 amide bonds. The molecule has 3 nitrogen and oxygen atoms in total. The number of halogens is 1. The quantitative estimate of drug-likeness (QED) is 0.767. The van der Waals surface area contributed by atoms with Crippen LogP contribution in [0.2, 0.25) is 5.02 Å². The van der Waals surface area contributed by atoms with Crippen LogP contribution < -0.4 is 4.74 Å². The fraction of sp³-hybridized carbons (Fsp3) is 0.500. The minimum Gasteiger partial charge on any atom is -0.496 e. The van der Waals surface area contributed by atoms with Crippen LogP contribution >= 0.6 is 11.6 Å². The number of Topliss-reactive ketones (excluding diaryl/α,β-unsaturated/α-hetero) is 1. The molecular weight excluding hydrogens is 252 g/mol. The zero-order valence-corrected chi connectivity index (χ0v) is 11.4. The molecule has 1 aromatic carbocycles. The van der Waals surface area contributed by atoms with Crippen LogP contribution in [0.5, 0.6) is 5.75 Å². The molecule has 0 heterocycles. The summed E-state index contributed by atoms with van der Waals surface area (Å²) in [7, 11) is 3.22. The summed E-state index contributed by atoms with van der Waals surface area (Å²) < 4.78 is 10.7. The van der Waals surface area contributed by atoms with E-state index >= 15 is 0 Å². The third-order valence-corrected chi connectivity index (χ3v) is 3.88. The van der Waals surface area contributed by atoms with Gasteiger partial charge in [0.05, 0.1) is 18.3 Å². The molecule has 1 aliphatic carbocycles. The highest BCUT2D eigenvalue weighted by atomic mass is 35.5. The summed E-state index contributed by atoms with van der Waals surface area (Å²) >= 11 is 5.93. The number of hydrogen-bond donors (Lipinski definition) is 0. The smallest absolute Gasteiger partial charge is 0.169 e. The fourth-order valence-corrected chi connectivity index (χ4v) is 2.48. The predicted molar refractivity (Wildman–Crippen MR) is 70.5 cm³/mol. The van der Waals surface area contributed by atoms with Gasteiger partial charge in [0.2, 0.25) is 0 Å². The molecule has 0 radical (unpaired) electrons. The van der Waals surface area contributed by atoms with Crippen LogP contribution in [-0.2, 0) is 4.74 Å². The number of ether oxygens (including phenoxy) is 2. The van der Waals surface area contributed by atoms with E-state index < -0.39 is 0 Å². The molecule has 4 heteroatoms. The first-order chi connectivity index (χ1) is 8.60. The Labute approximate surface area is 112 Å². The average molecular weight is 269 g/mol. The Hall–Kier alpha value is -1.06. The number of hydrogen-bond acceptors (Lipinski definition) is 3. The third-order valence-electron chi connectivity index (χ3n) is 3.64. The standard InChI is InChI=1S/C14H17ClO3/c1-17-13-5-4-10(15)8-11(13)12(16)9-14(18-2)6-3-7-14/h4-5,8H,3,6-7,9H2,1-2H3. The van der Waals surface area contributed by atoms with Crippen molar-refractivity contribution in [3.8, 4) is 5.75 Å². The Morgan fingerprint density at radius 1 is 1.39 bits per heavy atom. The Kier molecular flexibility index (Phi) is 3.93. The van der Waals surface area contributed by atoms with Crippen molar-refractivity contribution in [1.29, 1.82) is 0 Å². The molecule has 1 fully saturated rings. The number of rotatable bonds is 5. The van der Waals surface area contributed by atoms with Crippen LogP contribution in [0.3, 0.4) is 0 Å². The lowest BCUT2D eigenvalue weighted by molar-refractivity contribution is -0.0705. The van der Waals surface area contributed by atoms with Gasteiger partial charge in [-0.25, -0.2) is 0 Å². The van der Waals surface area contributed by atoms with Crippen molar-refractivity contribution in [1.82, 2.24) is 0 Å². The Morgan fingerprint density at radius 2 is 2.11 bits per heavy atom. The topological polar surface area (TPSA) is 35.5 Å². The number of ketones is 1. The highest BCUT2D eigenvalue weighted by Gasteiger charge is 2.39. The van der Waals surface area contributed by atoms with E-state index in [0.29, 0.717) is 22.8 Å². The number of methoxy groups -OCH3 is 2.